The van der Waals surface area contributed by atoms with Gasteiger partial charge in [0.15, 0.2) is 0 Å². The highest BCUT2D eigenvalue weighted by Crippen LogP contribution is 2.25. The molecule has 0 aliphatic rings. The molecule has 0 aromatic heterocycles. The first-order valence-corrected chi connectivity index (χ1v) is 7.03. The number of nitrogens with one attached hydrogen (secondary N) is 1. The van der Waals surface area contributed by atoms with Crippen LogP contribution in [0.25, 0.3) is 0 Å². The van der Waals surface area contributed by atoms with Crippen molar-refractivity contribution >= 4 is 0 Å². The minimum absolute atomic E-state index is 0.0139. The molecule has 0 radical (unpaired) electrons. The van der Waals surface area contributed by atoms with Gasteiger partial charge >= 0.3 is 0 Å². The first-order valence-electron chi connectivity index (χ1n) is 7.03. The van der Waals surface area contributed by atoms with Gasteiger partial charge in [-0.2, -0.15) is 0 Å². The van der Waals surface area contributed by atoms with Gasteiger partial charge in [-0.15, -0.1) is 0 Å². The van der Waals surface area contributed by atoms with E-state index in [4.69, 9.17) is 4.74 Å². The molecule has 0 saturated carbocycles. The maximum Gasteiger partial charge on any atom is 0.0598 e. The minimum Gasteiger partial charge on any atom is -0.376 e. The summed E-state index contributed by atoms with van der Waals surface area (Å²) in [7, 11) is 0. The van der Waals surface area contributed by atoms with E-state index in [-0.39, 0.29) is 5.60 Å². The average molecular weight is 243 g/mol. The molecule has 0 aromatic carbocycles. The third-order valence-electron chi connectivity index (χ3n) is 3.20. The van der Waals surface area contributed by atoms with Crippen molar-refractivity contribution in [2.75, 3.05) is 19.7 Å². The molecule has 0 rings (SSSR count). The summed E-state index contributed by atoms with van der Waals surface area (Å²) >= 11 is 0. The first-order chi connectivity index (χ1) is 7.68. The molecule has 1 N–H and O–H groups in total. The Morgan fingerprint density at radius 3 is 2.12 bits per heavy atom. The third kappa shape index (κ3) is 9.61. The molecule has 17 heavy (non-hydrogen) atoms. The predicted octanol–water partition coefficient (Wildman–Crippen LogP) is 3.85. The van der Waals surface area contributed by atoms with Gasteiger partial charge in [0, 0.05) is 13.2 Å². The zero-order valence-electron chi connectivity index (χ0n) is 13.0. The second-order valence-electron chi connectivity index (χ2n) is 6.90. The van der Waals surface area contributed by atoms with E-state index in [0.717, 1.165) is 32.0 Å². The Hall–Kier alpha value is -0.0800. The van der Waals surface area contributed by atoms with Gasteiger partial charge in [0.05, 0.1) is 5.60 Å². The zero-order valence-corrected chi connectivity index (χ0v) is 13.0. The Kier molecular flexibility index (Phi) is 7.34. The van der Waals surface area contributed by atoms with Gasteiger partial charge in [0.1, 0.15) is 0 Å². The molecule has 0 amide bonds. The maximum absolute atomic E-state index is 5.83. The molecule has 0 fully saturated rings. The molecule has 0 heterocycles. The van der Waals surface area contributed by atoms with Crippen LogP contribution < -0.4 is 5.32 Å². The van der Waals surface area contributed by atoms with E-state index in [9.17, 15) is 0 Å². The van der Waals surface area contributed by atoms with E-state index in [0.29, 0.717) is 5.41 Å². The molecule has 0 saturated heterocycles. The van der Waals surface area contributed by atoms with Crippen LogP contribution in [-0.4, -0.2) is 25.3 Å². The molecular formula is C15H33NO. The van der Waals surface area contributed by atoms with Crippen LogP contribution in [0.1, 0.15) is 61.3 Å². The molecule has 0 bridgehead atoms. The molecule has 0 spiro atoms. The number of ether oxygens (including phenoxy) is 1. The molecule has 0 aliphatic carbocycles. The van der Waals surface area contributed by atoms with Crippen molar-refractivity contribution in [3.05, 3.63) is 0 Å². The third-order valence-corrected chi connectivity index (χ3v) is 3.20. The van der Waals surface area contributed by atoms with Crippen molar-refractivity contribution in [3.8, 4) is 0 Å². The van der Waals surface area contributed by atoms with Crippen LogP contribution in [0.3, 0.4) is 0 Å². The fraction of sp³-hybridized carbons (Fsp3) is 1.00. The predicted molar refractivity (Wildman–Crippen MR) is 76.4 cm³/mol. The van der Waals surface area contributed by atoms with Crippen LogP contribution in [0.2, 0.25) is 0 Å². The van der Waals surface area contributed by atoms with E-state index in [1.165, 1.54) is 6.42 Å². The highest BCUT2D eigenvalue weighted by atomic mass is 16.5. The summed E-state index contributed by atoms with van der Waals surface area (Å²) in [6.07, 6.45) is 2.33. The van der Waals surface area contributed by atoms with Crippen LogP contribution in [0.5, 0.6) is 0 Å². The largest absolute Gasteiger partial charge is 0.376 e. The van der Waals surface area contributed by atoms with Crippen molar-refractivity contribution in [2.45, 2.75) is 66.9 Å². The molecule has 1 unspecified atom stereocenters. The minimum atomic E-state index is -0.0139. The van der Waals surface area contributed by atoms with Crippen molar-refractivity contribution in [2.24, 2.45) is 11.3 Å². The molecule has 104 valence electrons. The first kappa shape index (κ1) is 16.9. The van der Waals surface area contributed by atoms with Gasteiger partial charge in [-0.3, -0.25) is 0 Å². The molecule has 2 heteroatoms. The monoisotopic (exact) mass is 243 g/mol. The van der Waals surface area contributed by atoms with E-state index < -0.39 is 0 Å². The molecule has 0 aliphatic heterocycles. The Bertz CT molecular complexity index is 196. The van der Waals surface area contributed by atoms with Crippen LogP contribution in [0, 0.1) is 11.3 Å². The standard InChI is InChI=1S/C15H33NO/c1-8-15(7,12-16-11-13(2)3)9-10-17-14(4,5)6/h13,16H,8-12H2,1-7H3. The Labute approximate surface area is 109 Å². The maximum atomic E-state index is 5.83. The van der Waals surface area contributed by atoms with E-state index in [1.54, 1.807) is 0 Å². The molecule has 0 aromatic rings. The van der Waals surface area contributed by atoms with E-state index in [2.05, 4.69) is 53.8 Å². The second kappa shape index (κ2) is 7.38. The second-order valence-corrected chi connectivity index (χ2v) is 6.90. The number of hydrogen-bond acceptors (Lipinski definition) is 2. The van der Waals surface area contributed by atoms with E-state index in [1.807, 2.05) is 0 Å². The molecule has 2 nitrogen and oxygen atoms in total. The summed E-state index contributed by atoms with van der Waals surface area (Å²) < 4.78 is 5.83. The summed E-state index contributed by atoms with van der Waals surface area (Å²) in [4.78, 5) is 0. The van der Waals surface area contributed by atoms with Crippen molar-refractivity contribution in [3.63, 3.8) is 0 Å². The van der Waals surface area contributed by atoms with Crippen molar-refractivity contribution in [1.29, 1.82) is 0 Å². The molecule has 1 atom stereocenters. The topological polar surface area (TPSA) is 21.3 Å². The van der Waals surface area contributed by atoms with Crippen LogP contribution in [0.4, 0.5) is 0 Å². The van der Waals surface area contributed by atoms with Gasteiger partial charge in [0.25, 0.3) is 0 Å². The Balaban J connectivity index is 3.93. The van der Waals surface area contributed by atoms with Gasteiger partial charge in [-0.05, 0) is 51.5 Å². The summed E-state index contributed by atoms with van der Waals surface area (Å²) in [5, 5.41) is 3.57. The zero-order chi connectivity index (χ0) is 13.5. The summed E-state index contributed by atoms with van der Waals surface area (Å²) in [5.74, 6) is 0.724. The fourth-order valence-corrected chi connectivity index (χ4v) is 1.66. The number of rotatable bonds is 8. The Morgan fingerprint density at radius 1 is 1.12 bits per heavy atom. The number of hydrogen-bond donors (Lipinski definition) is 1. The highest BCUT2D eigenvalue weighted by Gasteiger charge is 2.22. The summed E-state index contributed by atoms with van der Waals surface area (Å²) in [6, 6.07) is 0. The quantitative estimate of drug-likeness (QED) is 0.699. The lowest BCUT2D eigenvalue weighted by Crippen LogP contribution is -2.35. The van der Waals surface area contributed by atoms with Gasteiger partial charge in [-0.1, -0.05) is 27.7 Å². The average Bonchev–Trinajstić information content (AvgIpc) is 2.15. The fourth-order valence-electron chi connectivity index (χ4n) is 1.66. The van der Waals surface area contributed by atoms with Crippen LogP contribution in [0.15, 0.2) is 0 Å². The van der Waals surface area contributed by atoms with Crippen LogP contribution >= 0.6 is 0 Å². The van der Waals surface area contributed by atoms with E-state index >= 15 is 0 Å². The van der Waals surface area contributed by atoms with Gasteiger partial charge in [0.2, 0.25) is 0 Å². The van der Waals surface area contributed by atoms with Crippen molar-refractivity contribution < 1.29 is 4.74 Å². The summed E-state index contributed by atoms with van der Waals surface area (Å²) in [6.45, 7) is 18.5. The molecular weight excluding hydrogens is 210 g/mol. The van der Waals surface area contributed by atoms with Gasteiger partial charge in [-0.25, -0.2) is 0 Å². The van der Waals surface area contributed by atoms with Crippen molar-refractivity contribution in [1.82, 2.24) is 5.32 Å². The van der Waals surface area contributed by atoms with Gasteiger partial charge < -0.3 is 10.1 Å². The smallest absolute Gasteiger partial charge is 0.0598 e. The summed E-state index contributed by atoms with van der Waals surface area (Å²) in [5.41, 5.74) is 0.347. The highest BCUT2D eigenvalue weighted by molar-refractivity contribution is 4.76. The SMILES string of the molecule is CCC(C)(CCOC(C)(C)C)CNCC(C)C. The lowest BCUT2D eigenvalue weighted by atomic mass is 9.84. The Morgan fingerprint density at radius 2 is 1.71 bits per heavy atom. The van der Waals surface area contributed by atoms with Crippen LogP contribution in [-0.2, 0) is 4.74 Å². The normalized spacial score (nSPS) is 16.2. The lowest BCUT2D eigenvalue weighted by Gasteiger charge is -2.30. The lowest BCUT2D eigenvalue weighted by molar-refractivity contribution is -0.0175.